The van der Waals surface area contributed by atoms with Crippen molar-refractivity contribution in [2.24, 2.45) is 0 Å². The maximum atomic E-state index is 13.4. The molecular weight excluding hydrogens is 378 g/mol. The quantitative estimate of drug-likeness (QED) is 0.692. The number of hydrogen-bond acceptors (Lipinski definition) is 4. The van der Waals surface area contributed by atoms with Crippen LogP contribution in [-0.4, -0.2) is 40.3 Å². The van der Waals surface area contributed by atoms with Gasteiger partial charge in [-0.2, -0.15) is 0 Å². The summed E-state index contributed by atoms with van der Waals surface area (Å²) in [5, 5.41) is 2.53. The van der Waals surface area contributed by atoms with Gasteiger partial charge in [-0.05, 0) is 30.7 Å². The van der Waals surface area contributed by atoms with Crippen LogP contribution in [0.1, 0.15) is 5.56 Å². The molecule has 2 aromatic carbocycles. The fourth-order valence-corrected chi connectivity index (χ4v) is 3.14. The summed E-state index contributed by atoms with van der Waals surface area (Å²) in [6, 6.07) is 10.0. The van der Waals surface area contributed by atoms with Crippen molar-refractivity contribution in [3.63, 3.8) is 0 Å². The van der Waals surface area contributed by atoms with Crippen molar-refractivity contribution in [1.29, 1.82) is 0 Å². The maximum Gasteiger partial charge on any atom is 0.240 e. The van der Waals surface area contributed by atoms with Gasteiger partial charge in [-0.1, -0.05) is 18.2 Å². The summed E-state index contributed by atoms with van der Waals surface area (Å²) in [6.45, 7) is 1.68. The Labute approximate surface area is 156 Å². The van der Waals surface area contributed by atoms with Gasteiger partial charge in [0, 0.05) is 6.07 Å². The number of para-hydroxylation sites is 1. The molecule has 0 atom stereocenters. The first-order valence-electron chi connectivity index (χ1n) is 8.06. The summed E-state index contributed by atoms with van der Waals surface area (Å²) in [5.74, 6) is -2.22. The highest BCUT2D eigenvalue weighted by Crippen LogP contribution is 2.20. The lowest BCUT2D eigenvalue weighted by molar-refractivity contribution is -0.119. The normalized spacial score (nSPS) is 11.1. The molecule has 0 aliphatic heterocycles. The van der Waals surface area contributed by atoms with Gasteiger partial charge >= 0.3 is 0 Å². The summed E-state index contributed by atoms with van der Waals surface area (Å²) in [4.78, 5) is 12.1. The fourth-order valence-electron chi connectivity index (χ4n) is 2.30. The molecule has 6 nitrogen and oxygen atoms in total. The summed E-state index contributed by atoms with van der Waals surface area (Å²) in [5.41, 5.74) is 0.813. The fraction of sp³-hybridized carbons (Fsp3) is 0.278. The number of aryl methyl sites for hydroxylation is 1. The second kappa shape index (κ2) is 8.81. The van der Waals surface area contributed by atoms with Crippen molar-refractivity contribution in [3.05, 3.63) is 59.7 Å². The summed E-state index contributed by atoms with van der Waals surface area (Å²) >= 11 is 0. The number of sulfonamides is 1. The molecule has 0 radical (unpaired) electrons. The smallest absolute Gasteiger partial charge is 0.240 e. The number of carbonyl (C=O) groups excluding carboxylic acids is 1. The molecule has 0 unspecified atom stereocenters. The average Bonchev–Trinajstić information content (AvgIpc) is 2.59. The van der Waals surface area contributed by atoms with Gasteiger partial charge in [0.05, 0.1) is 18.5 Å². The topological polar surface area (TPSA) is 75.7 Å². The van der Waals surface area contributed by atoms with Gasteiger partial charge in [0.25, 0.3) is 0 Å². The van der Waals surface area contributed by atoms with Gasteiger partial charge in [-0.25, -0.2) is 17.2 Å². The summed E-state index contributed by atoms with van der Waals surface area (Å²) in [6.07, 6.45) is 0.878. The van der Waals surface area contributed by atoms with Crippen molar-refractivity contribution in [3.8, 4) is 5.75 Å². The van der Waals surface area contributed by atoms with Crippen LogP contribution >= 0.6 is 0 Å². The molecule has 0 saturated carbocycles. The Kier molecular flexibility index (Phi) is 6.73. The number of rotatable bonds is 8. The predicted octanol–water partition coefficient (Wildman–Crippen LogP) is 2.23. The summed E-state index contributed by atoms with van der Waals surface area (Å²) in [7, 11) is -3.87. The predicted molar refractivity (Wildman–Crippen MR) is 98.2 cm³/mol. The third-order valence-corrected chi connectivity index (χ3v) is 4.79. The first-order valence-corrected chi connectivity index (χ1v) is 9.91. The highest BCUT2D eigenvalue weighted by atomic mass is 32.2. The zero-order valence-electron chi connectivity index (χ0n) is 14.9. The number of amides is 1. The Morgan fingerprint density at radius 3 is 2.48 bits per heavy atom. The molecule has 0 fully saturated rings. The second-order valence-electron chi connectivity index (χ2n) is 5.83. The second-order valence-corrected chi connectivity index (χ2v) is 7.74. The Morgan fingerprint density at radius 2 is 1.85 bits per heavy atom. The SMILES string of the molecule is Cc1ccccc1OCCNC(=O)CN(c1ccc(F)c(F)c1)S(C)(=O)=O. The van der Waals surface area contributed by atoms with Crippen molar-refractivity contribution in [1.82, 2.24) is 5.32 Å². The number of nitrogens with one attached hydrogen (secondary N) is 1. The molecular formula is C18H20F2N2O4S. The first kappa shape index (κ1) is 20.6. The third kappa shape index (κ3) is 5.92. The van der Waals surface area contributed by atoms with Gasteiger partial charge in [0.1, 0.15) is 18.9 Å². The van der Waals surface area contributed by atoms with Gasteiger partial charge < -0.3 is 10.1 Å². The van der Waals surface area contributed by atoms with E-state index in [2.05, 4.69) is 5.32 Å². The molecule has 0 heterocycles. The lowest BCUT2D eigenvalue weighted by atomic mass is 10.2. The van der Waals surface area contributed by atoms with Gasteiger partial charge in [-0.15, -0.1) is 0 Å². The zero-order chi connectivity index (χ0) is 20.0. The van der Waals surface area contributed by atoms with Crippen LogP contribution in [-0.2, 0) is 14.8 Å². The third-order valence-electron chi connectivity index (χ3n) is 3.65. The van der Waals surface area contributed by atoms with E-state index in [4.69, 9.17) is 4.74 Å². The standard InChI is InChI=1S/C18H20F2N2O4S/c1-13-5-3-4-6-17(13)26-10-9-21-18(23)12-22(27(2,24)25)14-7-8-15(19)16(20)11-14/h3-8,11H,9-10,12H2,1-2H3,(H,21,23). The van der Waals surface area contributed by atoms with E-state index in [9.17, 15) is 22.0 Å². The number of benzene rings is 2. The molecule has 0 aliphatic rings. The van der Waals surface area contributed by atoms with Gasteiger partial charge in [0.15, 0.2) is 11.6 Å². The van der Waals surface area contributed by atoms with Crippen molar-refractivity contribution in [2.45, 2.75) is 6.92 Å². The van der Waals surface area contributed by atoms with Gasteiger partial charge in [-0.3, -0.25) is 9.10 Å². The molecule has 0 spiro atoms. The van der Waals surface area contributed by atoms with E-state index in [1.54, 1.807) is 6.07 Å². The van der Waals surface area contributed by atoms with Crippen LogP contribution in [0.25, 0.3) is 0 Å². The summed E-state index contributed by atoms with van der Waals surface area (Å²) < 4.78 is 56.5. The van der Waals surface area contributed by atoms with E-state index in [0.29, 0.717) is 10.1 Å². The molecule has 146 valence electrons. The number of hydrogen-bond donors (Lipinski definition) is 1. The zero-order valence-corrected chi connectivity index (χ0v) is 15.7. The lowest BCUT2D eigenvalue weighted by Crippen LogP contribution is -2.41. The van der Waals surface area contributed by atoms with Crippen LogP contribution in [0.3, 0.4) is 0 Å². The van der Waals surface area contributed by atoms with Crippen LogP contribution in [0.2, 0.25) is 0 Å². The molecule has 9 heteroatoms. The Morgan fingerprint density at radius 1 is 1.15 bits per heavy atom. The highest BCUT2D eigenvalue weighted by molar-refractivity contribution is 7.92. The van der Waals surface area contributed by atoms with E-state index < -0.39 is 34.1 Å². The minimum absolute atomic E-state index is 0.136. The molecule has 2 rings (SSSR count). The number of ether oxygens (including phenoxy) is 1. The van der Waals surface area contributed by atoms with Crippen LogP contribution in [0.4, 0.5) is 14.5 Å². The minimum Gasteiger partial charge on any atom is -0.491 e. The van der Waals surface area contributed by atoms with Gasteiger partial charge in [0.2, 0.25) is 15.9 Å². The highest BCUT2D eigenvalue weighted by Gasteiger charge is 2.21. The Hall–Kier alpha value is -2.68. The number of anilines is 1. The number of nitrogens with zero attached hydrogens (tertiary/aromatic N) is 1. The molecule has 0 aliphatic carbocycles. The Balaban J connectivity index is 1.94. The van der Waals surface area contributed by atoms with Crippen LogP contribution in [0, 0.1) is 18.6 Å². The van der Waals surface area contributed by atoms with E-state index in [-0.39, 0.29) is 18.8 Å². The Bertz CT molecular complexity index is 919. The van der Waals surface area contributed by atoms with E-state index in [1.165, 1.54) is 0 Å². The van der Waals surface area contributed by atoms with Crippen molar-refractivity contribution >= 4 is 21.6 Å². The largest absolute Gasteiger partial charge is 0.491 e. The molecule has 2 aromatic rings. The van der Waals surface area contributed by atoms with Crippen LogP contribution in [0.5, 0.6) is 5.75 Å². The molecule has 0 saturated heterocycles. The lowest BCUT2D eigenvalue weighted by Gasteiger charge is -2.22. The van der Waals surface area contributed by atoms with Crippen LogP contribution in [0.15, 0.2) is 42.5 Å². The van der Waals surface area contributed by atoms with E-state index >= 15 is 0 Å². The first-order chi connectivity index (χ1) is 12.7. The van der Waals surface area contributed by atoms with E-state index in [1.807, 2.05) is 25.1 Å². The van der Waals surface area contributed by atoms with E-state index in [0.717, 1.165) is 30.0 Å². The number of carbonyl (C=O) groups is 1. The van der Waals surface area contributed by atoms with Crippen molar-refractivity contribution < 1.29 is 26.7 Å². The molecule has 1 amide bonds. The van der Waals surface area contributed by atoms with Crippen LogP contribution < -0.4 is 14.4 Å². The average molecular weight is 398 g/mol. The molecule has 1 N–H and O–H groups in total. The monoisotopic (exact) mass is 398 g/mol. The maximum absolute atomic E-state index is 13.4. The molecule has 0 bridgehead atoms. The number of halogens is 2. The molecule has 0 aromatic heterocycles. The molecule has 27 heavy (non-hydrogen) atoms. The minimum atomic E-state index is -3.87. The van der Waals surface area contributed by atoms with Crippen molar-refractivity contribution in [2.75, 3.05) is 30.3 Å².